The number of imide groups is 2. The Kier molecular flexibility index (Phi) is 11.0. The summed E-state index contributed by atoms with van der Waals surface area (Å²) in [6.45, 7) is 10.7. The zero-order chi connectivity index (χ0) is 49.0. The van der Waals surface area contributed by atoms with Crippen LogP contribution in [-0.4, -0.2) is 148 Å². The molecule has 13 rings (SSSR count). The molecule has 374 valence electrons. The van der Waals surface area contributed by atoms with Crippen LogP contribution in [0.3, 0.4) is 0 Å². The van der Waals surface area contributed by atoms with E-state index in [9.17, 15) is 24.3 Å². The minimum absolute atomic E-state index is 0.00648. The number of hydrogen-bond donors (Lipinski definition) is 3. The van der Waals surface area contributed by atoms with Crippen molar-refractivity contribution in [3.05, 3.63) is 77.2 Å². The normalized spacial score (nSPS) is 25.1. The fraction of sp³-hybridized carbons (Fsp3) is 0.509. The number of benzene rings is 3. The van der Waals surface area contributed by atoms with Gasteiger partial charge in [-0.3, -0.25) is 39.3 Å². The number of nitrogens with one attached hydrogen (secondary N) is 2. The van der Waals surface area contributed by atoms with E-state index in [0.717, 1.165) is 118 Å². The number of anilines is 2. The summed E-state index contributed by atoms with van der Waals surface area (Å²) in [5.41, 5.74) is 3.83. The van der Waals surface area contributed by atoms with Gasteiger partial charge >= 0.3 is 6.01 Å². The van der Waals surface area contributed by atoms with Crippen LogP contribution in [0.4, 0.5) is 15.9 Å². The van der Waals surface area contributed by atoms with Crippen molar-refractivity contribution in [3.63, 3.8) is 0 Å². The van der Waals surface area contributed by atoms with Crippen molar-refractivity contribution in [2.24, 2.45) is 10.8 Å². The molecule has 1 spiro atoms. The lowest BCUT2D eigenvalue weighted by atomic mass is 9.60. The van der Waals surface area contributed by atoms with Gasteiger partial charge in [-0.05, 0) is 129 Å². The van der Waals surface area contributed by atoms with Crippen LogP contribution in [0, 0.1) is 16.6 Å². The number of ether oxygens (including phenoxy) is 1. The van der Waals surface area contributed by atoms with Gasteiger partial charge in [0.2, 0.25) is 11.8 Å². The first-order valence-corrected chi connectivity index (χ1v) is 26.2. The average molecular weight is 977 g/mol. The SMILES string of the molecule is CCc1cccc2cc(O)cc(-c3ncc4c(N5CC6CCC(C5)N6)nc(OCC5(CN6CCC7(CC6)CC(N6CCN(c8ccc9c(c8)C(=O)N(C8CCC(=O)NC8=O)C9=O)CC6)C7)CC5)nc4c3F)c12. The Labute approximate surface area is 417 Å². The molecule has 2 bridgehead atoms. The van der Waals surface area contributed by atoms with Crippen LogP contribution >= 0.6 is 0 Å². The van der Waals surface area contributed by atoms with Gasteiger partial charge < -0.3 is 29.9 Å². The number of phenols is 1. The smallest absolute Gasteiger partial charge is 0.319 e. The number of fused-ring (bicyclic) bond motifs is 5. The van der Waals surface area contributed by atoms with Crippen LogP contribution in [0.2, 0.25) is 0 Å². The molecule has 3 unspecified atom stereocenters. The highest BCUT2D eigenvalue weighted by Crippen LogP contribution is 2.53. The van der Waals surface area contributed by atoms with Crippen molar-refractivity contribution in [3.8, 4) is 23.0 Å². The second-order valence-electron chi connectivity index (χ2n) is 22.2. The van der Waals surface area contributed by atoms with E-state index in [-0.39, 0.29) is 47.1 Å². The lowest BCUT2D eigenvalue weighted by Gasteiger charge is -2.56. The Balaban J connectivity index is 0.640. The molecule has 72 heavy (non-hydrogen) atoms. The summed E-state index contributed by atoms with van der Waals surface area (Å²) >= 11 is 0. The van der Waals surface area contributed by atoms with E-state index in [1.807, 2.05) is 24.3 Å². The third-order valence-electron chi connectivity index (χ3n) is 17.7. The maximum atomic E-state index is 17.2. The predicted molar refractivity (Wildman–Crippen MR) is 269 cm³/mol. The second-order valence-corrected chi connectivity index (χ2v) is 22.2. The molecule has 2 saturated carbocycles. The molecule has 3 N–H and O–H groups in total. The van der Waals surface area contributed by atoms with E-state index in [1.54, 1.807) is 30.5 Å². The first-order valence-electron chi connectivity index (χ1n) is 26.2. The van der Waals surface area contributed by atoms with Crippen molar-refractivity contribution in [2.75, 3.05) is 75.3 Å². The van der Waals surface area contributed by atoms with Gasteiger partial charge in [-0.25, -0.2) is 4.39 Å². The minimum Gasteiger partial charge on any atom is -0.508 e. The van der Waals surface area contributed by atoms with Crippen LogP contribution in [-0.2, 0) is 16.0 Å². The van der Waals surface area contributed by atoms with E-state index in [0.29, 0.717) is 58.0 Å². The number of aryl methyl sites for hydroxylation is 1. The topological polar surface area (TPSA) is 177 Å². The number of carbonyl (C=O) groups excluding carboxylic acids is 4. The highest BCUT2D eigenvalue weighted by atomic mass is 19.1. The van der Waals surface area contributed by atoms with Gasteiger partial charge in [0.05, 0.1) is 23.1 Å². The number of hydrogen-bond acceptors (Lipinski definition) is 14. The molecule has 16 nitrogen and oxygen atoms in total. The lowest BCUT2D eigenvalue weighted by Crippen LogP contribution is -2.59. The number of piperazine rings is 2. The first kappa shape index (κ1) is 45.6. The largest absolute Gasteiger partial charge is 0.508 e. The number of amides is 4. The molecule has 8 heterocycles. The Morgan fingerprint density at radius 3 is 2.33 bits per heavy atom. The molecular weight excluding hydrogens is 916 g/mol. The van der Waals surface area contributed by atoms with E-state index in [1.165, 1.54) is 25.7 Å². The Morgan fingerprint density at radius 1 is 0.833 bits per heavy atom. The van der Waals surface area contributed by atoms with Crippen LogP contribution in [0.15, 0.2) is 54.7 Å². The molecule has 2 aliphatic carbocycles. The number of pyridine rings is 1. The van der Waals surface area contributed by atoms with E-state index < -0.39 is 29.6 Å². The summed E-state index contributed by atoms with van der Waals surface area (Å²) in [7, 11) is 0. The summed E-state index contributed by atoms with van der Waals surface area (Å²) in [5.74, 6) is -1.78. The van der Waals surface area contributed by atoms with E-state index in [2.05, 4.69) is 37.2 Å². The molecule has 3 atom stereocenters. The van der Waals surface area contributed by atoms with E-state index in [4.69, 9.17) is 19.7 Å². The van der Waals surface area contributed by atoms with Crippen molar-refractivity contribution < 1.29 is 33.4 Å². The monoisotopic (exact) mass is 976 g/mol. The number of aromatic nitrogens is 3. The summed E-state index contributed by atoms with van der Waals surface area (Å²) in [6, 6.07) is 15.1. The van der Waals surface area contributed by atoms with Crippen molar-refractivity contribution in [1.29, 1.82) is 0 Å². The molecule has 4 amide bonds. The molecule has 0 radical (unpaired) electrons. The third kappa shape index (κ3) is 7.93. The minimum atomic E-state index is -0.974. The standard InChI is InChI=1S/C55H61FN10O6/c1-2-32-4-3-5-33-22-38(67)24-41(45(32)33)47-46(56)48-42(27-57-47)49(65-28-34-6-7-35(29-65)58-34)61-53(60-48)72-31-55(12-13-55)30-62-16-14-54(15-17-62)25-37(26-54)64-20-18-63(19-21-64)36-8-9-39-40(23-36)52(71)66(51(39)70)43-10-11-44(68)59-50(43)69/h3-5,8-9,22-24,27,34-35,37,43,58,67H,2,6-7,10-21,25-26,28-31H2,1H3,(H,59,68,69). The molecule has 2 aromatic heterocycles. The third-order valence-corrected chi connectivity index (χ3v) is 17.7. The second kappa shape index (κ2) is 17.4. The van der Waals surface area contributed by atoms with Gasteiger partial charge in [0.25, 0.3) is 11.8 Å². The van der Waals surface area contributed by atoms with Crippen molar-refractivity contribution >= 4 is 56.8 Å². The summed E-state index contributed by atoms with van der Waals surface area (Å²) in [5, 5.41) is 19.0. The number of halogens is 1. The van der Waals surface area contributed by atoms with Crippen LogP contribution < -0.4 is 25.2 Å². The number of nitrogens with zero attached hydrogens (tertiary/aromatic N) is 8. The molecule has 3 aromatic carbocycles. The molecule has 5 aromatic rings. The van der Waals surface area contributed by atoms with Gasteiger partial charge in [0.15, 0.2) is 5.82 Å². The molecule has 8 aliphatic rings. The number of rotatable bonds is 11. The molecular formula is C55H61FN10O6. The highest BCUT2D eigenvalue weighted by Gasteiger charge is 2.51. The van der Waals surface area contributed by atoms with Crippen LogP contribution in [0.1, 0.15) is 97.4 Å². The summed E-state index contributed by atoms with van der Waals surface area (Å²) in [6.07, 6.45) is 11.8. The van der Waals surface area contributed by atoms with Crippen molar-refractivity contribution in [1.82, 2.24) is 40.3 Å². The predicted octanol–water partition coefficient (Wildman–Crippen LogP) is 5.82. The van der Waals surface area contributed by atoms with Gasteiger partial charge in [-0.15, -0.1) is 0 Å². The Hall–Kier alpha value is -6.30. The highest BCUT2D eigenvalue weighted by molar-refractivity contribution is 6.23. The first-order chi connectivity index (χ1) is 34.9. The number of carbonyl (C=O) groups is 4. The number of phenolic OH excluding ortho intramolecular Hbond substituents is 1. The Morgan fingerprint density at radius 2 is 1.60 bits per heavy atom. The van der Waals surface area contributed by atoms with Crippen molar-refractivity contribution in [2.45, 2.75) is 102 Å². The average Bonchev–Trinajstić information content (AvgIpc) is 4.00. The quantitative estimate of drug-likeness (QED) is 0.135. The molecule has 17 heteroatoms. The zero-order valence-corrected chi connectivity index (χ0v) is 40.8. The van der Waals surface area contributed by atoms with Crippen LogP contribution in [0.5, 0.6) is 11.8 Å². The van der Waals surface area contributed by atoms with E-state index >= 15 is 4.39 Å². The summed E-state index contributed by atoms with van der Waals surface area (Å²) in [4.78, 5) is 76.4. The maximum absolute atomic E-state index is 17.2. The fourth-order valence-corrected chi connectivity index (χ4v) is 13.5. The van der Waals surface area contributed by atoms with Crippen LogP contribution in [0.25, 0.3) is 32.9 Å². The molecule has 5 saturated heterocycles. The summed E-state index contributed by atoms with van der Waals surface area (Å²) < 4.78 is 23.8. The van der Waals surface area contributed by atoms with Gasteiger partial charge in [0, 0.05) is 93.2 Å². The van der Waals surface area contributed by atoms with Gasteiger partial charge in [-0.1, -0.05) is 25.1 Å². The number of likely N-dealkylation sites (tertiary alicyclic amines) is 1. The maximum Gasteiger partial charge on any atom is 0.319 e. The number of piperidine rings is 2. The lowest BCUT2D eigenvalue weighted by molar-refractivity contribution is -0.136. The van der Waals surface area contributed by atoms with Gasteiger partial charge in [-0.2, -0.15) is 9.97 Å². The molecule has 6 aliphatic heterocycles. The van der Waals surface area contributed by atoms with Gasteiger partial charge in [0.1, 0.15) is 28.8 Å². The number of aromatic hydroxyl groups is 1. The molecule has 7 fully saturated rings. The zero-order valence-electron chi connectivity index (χ0n) is 40.8. The Bertz CT molecular complexity index is 3060. The fourth-order valence-electron chi connectivity index (χ4n) is 13.5.